The Balaban J connectivity index is 1.83. The molecule has 4 aromatic carbocycles. The fraction of sp³-hybridized carbons (Fsp3) is 0.200. The van der Waals surface area contributed by atoms with Crippen molar-refractivity contribution in [3.8, 4) is 11.5 Å². The van der Waals surface area contributed by atoms with E-state index in [9.17, 15) is 0 Å². The van der Waals surface area contributed by atoms with Crippen LogP contribution in [0.3, 0.4) is 0 Å². The first-order valence-electron chi connectivity index (χ1n) is 10.4. The maximum atomic E-state index is 6.58. The molecule has 1 aliphatic heterocycles. The van der Waals surface area contributed by atoms with Gasteiger partial charge in [-0.25, -0.2) is 4.67 Å². The van der Waals surface area contributed by atoms with Crippen LogP contribution in [0.4, 0.5) is 0 Å². The van der Waals surface area contributed by atoms with E-state index in [0.29, 0.717) is 0 Å². The van der Waals surface area contributed by atoms with Crippen LogP contribution in [0.5, 0.6) is 11.5 Å². The largest absolute Gasteiger partial charge is 0.424 e. The molecule has 0 spiro atoms. The van der Waals surface area contributed by atoms with E-state index in [1.807, 2.05) is 0 Å². The van der Waals surface area contributed by atoms with Gasteiger partial charge in [-0.05, 0) is 33.7 Å². The van der Waals surface area contributed by atoms with Gasteiger partial charge in [0.1, 0.15) is 11.5 Å². The maximum absolute atomic E-state index is 6.58. The SMILES string of the molecule is CCN(CC)P1(=S)Oc2ccc3ccccc3c2Cc2c(ccc3ccccc23)O1. The van der Waals surface area contributed by atoms with E-state index in [0.717, 1.165) is 31.0 Å². The second-order valence-corrected chi connectivity index (χ2v) is 10.7. The van der Waals surface area contributed by atoms with Crippen molar-refractivity contribution in [2.45, 2.75) is 20.3 Å². The molecule has 5 rings (SSSR count). The lowest BCUT2D eigenvalue weighted by molar-refractivity contribution is 0.364. The van der Waals surface area contributed by atoms with Crippen molar-refractivity contribution < 1.29 is 9.05 Å². The van der Waals surface area contributed by atoms with Crippen LogP contribution >= 0.6 is 6.64 Å². The molecule has 0 radical (unpaired) electrons. The molecular formula is C25H24NO2PS. The molecule has 0 amide bonds. The summed E-state index contributed by atoms with van der Waals surface area (Å²) in [6.07, 6.45) is 0.737. The third-order valence-corrected chi connectivity index (χ3v) is 9.11. The monoisotopic (exact) mass is 433 g/mol. The molecule has 1 heterocycles. The van der Waals surface area contributed by atoms with Crippen LogP contribution in [0.15, 0.2) is 72.8 Å². The molecule has 0 saturated heterocycles. The summed E-state index contributed by atoms with van der Waals surface area (Å²) >= 11 is 6.11. The van der Waals surface area contributed by atoms with Crippen LogP contribution in [-0.2, 0) is 18.2 Å². The van der Waals surface area contributed by atoms with Crippen molar-refractivity contribution >= 4 is 40.0 Å². The molecule has 1 aliphatic rings. The first-order chi connectivity index (χ1) is 14.6. The molecule has 0 atom stereocenters. The highest BCUT2D eigenvalue weighted by atomic mass is 32.5. The van der Waals surface area contributed by atoms with Crippen LogP contribution < -0.4 is 9.05 Å². The van der Waals surface area contributed by atoms with Gasteiger partial charge in [0.25, 0.3) is 0 Å². The summed E-state index contributed by atoms with van der Waals surface area (Å²) in [5, 5.41) is 4.83. The van der Waals surface area contributed by atoms with E-state index >= 15 is 0 Å². The molecule has 0 bridgehead atoms. The van der Waals surface area contributed by atoms with Crippen LogP contribution in [0.25, 0.3) is 21.5 Å². The Morgan fingerprint density at radius 3 is 1.67 bits per heavy atom. The second kappa shape index (κ2) is 7.70. The minimum absolute atomic E-state index is 0.737. The van der Waals surface area contributed by atoms with E-state index < -0.39 is 6.64 Å². The summed E-state index contributed by atoms with van der Waals surface area (Å²) in [5.74, 6) is 1.67. The molecule has 0 fully saturated rings. The Bertz CT molecular complexity index is 1210. The summed E-state index contributed by atoms with van der Waals surface area (Å²) in [6, 6.07) is 25.3. The zero-order chi connectivity index (χ0) is 20.7. The van der Waals surface area contributed by atoms with E-state index in [2.05, 4.69) is 91.3 Å². The Labute approximate surface area is 182 Å². The lowest BCUT2D eigenvalue weighted by atomic mass is 9.93. The lowest BCUT2D eigenvalue weighted by Crippen LogP contribution is -2.26. The van der Waals surface area contributed by atoms with Crippen molar-refractivity contribution in [3.63, 3.8) is 0 Å². The summed E-state index contributed by atoms with van der Waals surface area (Å²) in [7, 11) is 0. The maximum Gasteiger partial charge on any atom is 0.367 e. The molecule has 30 heavy (non-hydrogen) atoms. The average molecular weight is 434 g/mol. The van der Waals surface area contributed by atoms with E-state index in [-0.39, 0.29) is 0 Å². The fourth-order valence-electron chi connectivity index (χ4n) is 4.30. The van der Waals surface area contributed by atoms with E-state index in [4.69, 9.17) is 20.9 Å². The Kier molecular flexibility index (Phi) is 5.02. The van der Waals surface area contributed by atoms with Gasteiger partial charge in [-0.1, -0.05) is 74.5 Å². The smallest absolute Gasteiger partial charge is 0.367 e. The molecule has 0 aromatic heterocycles. The van der Waals surface area contributed by atoms with Crippen molar-refractivity contribution in [1.82, 2.24) is 4.67 Å². The third-order valence-electron chi connectivity index (χ3n) is 5.85. The van der Waals surface area contributed by atoms with Gasteiger partial charge in [-0.2, -0.15) is 0 Å². The molecule has 3 nitrogen and oxygen atoms in total. The topological polar surface area (TPSA) is 21.7 Å². The molecular weight excluding hydrogens is 409 g/mol. The van der Waals surface area contributed by atoms with Crippen LogP contribution in [0, 0.1) is 0 Å². The normalized spacial score (nSPS) is 15.0. The molecule has 5 heteroatoms. The zero-order valence-corrected chi connectivity index (χ0v) is 18.9. The van der Waals surface area contributed by atoms with Crippen molar-refractivity contribution in [3.05, 3.63) is 83.9 Å². The van der Waals surface area contributed by atoms with Crippen LogP contribution in [-0.4, -0.2) is 17.8 Å². The molecule has 4 aromatic rings. The van der Waals surface area contributed by atoms with Gasteiger partial charge in [0, 0.05) is 42.4 Å². The number of nitrogens with zero attached hydrogens (tertiary/aromatic N) is 1. The quantitative estimate of drug-likeness (QED) is 0.327. The molecule has 0 saturated carbocycles. The molecule has 0 N–H and O–H groups in total. The summed E-state index contributed by atoms with van der Waals surface area (Å²) in [4.78, 5) is 0. The molecule has 0 unspecified atom stereocenters. The highest BCUT2D eigenvalue weighted by Crippen LogP contribution is 2.56. The second-order valence-electron chi connectivity index (χ2n) is 7.49. The average Bonchev–Trinajstić information content (AvgIpc) is 2.76. The van der Waals surface area contributed by atoms with E-state index in [1.165, 1.54) is 32.7 Å². The van der Waals surface area contributed by atoms with Gasteiger partial charge in [-0.15, -0.1) is 0 Å². The van der Waals surface area contributed by atoms with Crippen LogP contribution in [0.2, 0.25) is 0 Å². The minimum Gasteiger partial charge on any atom is -0.424 e. The summed E-state index contributed by atoms with van der Waals surface area (Å²) < 4.78 is 15.3. The summed E-state index contributed by atoms with van der Waals surface area (Å²) in [5.41, 5.74) is 2.35. The van der Waals surface area contributed by atoms with E-state index in [1.54, 1.807) is 0 Å². The Morgan fingerprint density at radius 2 is 1.20 bits per heavy atom. The molecule has 0 aliphatic carbocycles. The minimum atomic E-state index is -2.75. The Hall–Kier alpha value is -2.39. The van der Waals surface area contributed by atoms with Gasteiger partial charge in [0.05, 0.1) is 0 Å². The number of rotatable bonds is 3. The van der Waals surface area contributed by atoms with Crippen LogP contribution in [0.1, 0.15) is 25.0 Å². The van der Waals surface area contributed by atoms with Crippen molar-refractivity contribution in [1.29, 1.82) is 0 Å². The van der Waals surface area contributed by atoms with Gasteiger partial charge in [0.2, 0.25) is 0 Å². The van der Waals surface area contributed by atoms with Gasteiger partial charge in [0.15, 0.2) is 0 Å². The predicted octanol–water partition coefficient (Wildman–Crippen LogP) is 6.92. The first-order valence-corrected chi connectivity index (χ1v) is 13.0. The number of hydrogen-bond acceptors (Lipinski definition) is 3. The summed E-state index contributed by atoms with van der Waals surface area (Å²) in [6.45, 7) is 3.01. The van der Waals surface area contributed by atoms with Crippen molar-refractivity contribution in [2.24, 2.45) is 0 Å². The predicted molar refractivity (Wildman–Crippen MR) is 129 cm³/mol. The fourth-order valence-corrected chi connectivity index (χ4v) is 7.27. The zero-order valence-electron chi connectivity index (χ0n) is 17.2. The first kappa shape index (κ1) is 19.6. The highest BCUT2D eigenvalue weighted by Gasteiger charge is 2.34. The number of benzene rings is 4. The van der Waals surface area contributed by atoms with Crippen molar-refractivity contribution in [2.75, 3.05) is 13.1 Å². The number of hydrogen-bond donors (Lipinski definition) is 0. The Morgan fingerprint density at radius 1 is 0.733 bits per heavy atom. The standard InChI is InChI=1S/C25H24NO2PS/c1-3-26(4-2)29(30)27-24-15-13-18-9-5-7-11-20(18)22(24)17-23-21-12-8-6-10-19(21)14-16-25(23)28-29/h5-16H,3-4,17H2,1-2H3. The third kappa shape index (κ3) is 3.20. The lowest BCUT2D eigenvalue weighted by Gasteiger charge is -2.35. The number of fused-ring (bicyclic) bond motifs is 6. The van der Waals surface area contributed by atoms with Gasteiger partial charge in [-0.3, -0.25) is 0 Å². The van der Waals surface area contributed by atoms with Gasteiger partial charge >= 0.3 is 6.64 Å². The molecule has 152 valence electrons. The highest BCUT2D eigenvalue weighted by molar-refractivity contribution is 8.09. The van der Waals surface area contributed by atoms with Gasteiger partial charge < -0.3 is 9.05 Å².